The third-order valence-corrected chi connectivity index (χ3v) is 1.83. The molecular formula is C8H9F3N2O2. The van der Waals surface area contributed by atoms with Crippen LogP contribution in [0, 0.1) is 12.8 Å². The fourth-order valence-electron chi connectivity index (χ4n) is 1.08. The summed E-state index contributed by atoms with van der Waals surface area (Å²) < 4.78 is 37.7. The van der Waals surface area contributed by atoms with Crippen LogP contribution in [-0.4, -0.2) is 27.0 Å². The van der Waals surface area contributed by atoms with Gasteiger partial charge in [-0.3, -0.25) is 9.48 Å². The Hall–Kier alpha value is -1.53. The van der Waals surface area contributed by atoms with Crippen LogP contribution in [-0.2, 0) is 11.3 Å². The second-order valence-corrected chi connectivity index (χ2v) is 3.17. The largest absolute Gasteiger partial charge is 0.481 e. The van der Waals surface area contributed by atoms with Gasteiger partial charge >= 0.3 is 12.1 Å². The molecule has 0 saturated carbocycles. The van der Waals surface area contributed by atoms with Crippen molar-refractivity contribution in [1.82, 2.24) is 9.78 Å². The average molecular weight is 222 g/mol. The summed E-state index contributed by atoms with van der Waals surface area (Å²) in [5, 5.41) is 12.0. The molecule has 0 amide bonds. The molecule has 84 valence electrons. The minimum absolute atomic E-state index is 0.682. The topological polar surface area (TPSA) is 55.1 Å². The van der Waals surface area contributed by atoms with Gasteiger partial charge in [0.1, 0.15) is 0 Å². The van der Waals surface area contributed by atoms with E-state index in [1.54, 1.807) is 6.92 Å². The van der Waals surface area contributed by atoms with E-state index in [9.17, 15) is 18.0 Å². The van der Waals surface area contributed by atoms with E-state index in [0.29, 0.717) is 5.56 Å². The molecule has 0 fully saturated rings. The summed E-state index contributed by atoms with van der Waals surface area (Å²) in [7, 11) is 0. The maximum Gasteiger partial charge on any atom is 0.404 e. The van der Waals surface area contributed by atoms with Crippen LogP contribution in [0.4, 0.5) is 13.2 Å². The summed E-state index contributed by atoms with van der Waals surface area (Å²) in [6.07, 6.45) is -2.03. The molecule has 0 radical (unpaired) electrons. The summed E-state index contributed by atoms with van der Waals surface area (Å²) in [5.74, 6) is -4.31. The zero-order valence-electron chi connectivity index (χ0n) is 7.82. The number of aliphatic carboxylic acids is 1. The minimum atomic E-state index is -4.76. The molecule has 0 aromatic carbocycles. The Kier molecular flexibility index (Phi) is 3.01. The summed E-state index contributed by atoms with van der Waals surface area (Å²) in [4.78, 5) is 10.4. The number of hydrogen-bond acceptors (Lipinski definition) is 2. The lowest BCUT2D eigenvalue weighted by Gasteiger charge is -2.15. The van der Waals surface area contributed by atoms with E-state index in [0.717, 1.165) is 4.68 Å². The number of carboxylic acid groups (broad SMARTS) is 1. The van der Waals surface area contributed by atoms with E-state index in [2.05, 4.69) is 5.10 Å². The Morgan fingerprint density at radius 1 is 1.67 bits per heavy atom. The lowest BCUT2D eigenvalue weighted by molar-refractivity contribution is -0.196. The molecule has 0 aliphatic rings. The van der Waals surface area contributed by atoms with Crippen molar-refractivity contribution in [2.45, 2.75) is 19.6 Å². The molecule has 0 saturated heterocycles. The van der Waals surface area contributed by atoms with Crippen LogP contribution in [0.15, 0.2) is 12.4 Å². The van der Waals surface area contributed by atoms with Crippen molar-refractivity contribution in [2.24, 2.45) is 5.92 Å². The number of alkyl halides is 3. The second-order valence-electron chi connectivity index (χ2n) is 3.17. The lowest BCUT2D eigenvalue weighted by Crippen LogP contribution is -2.34. The van der Waals surface area contributed by atoms with Gasteiger partial charge in [0.2, 0.25) is 0 Å². The molecule has 7 heteroatoms. The first kappa shape index (κ1) is 11.5. The van der Waals surface area contributed by atoms with E-state index in [1.807, 2.05) is 0 Å². The number of aromatic nitrogens is 2. The number of halogens is 3. The SMILES string of the molecule is Cc1cnn(CC(C(=O)O)C(F)(F)F)c1. The second kappa shape index (κ2) is 3.92. The molecule has 1 atom stereocenters. The number of carboxylic acids is 1. The highest BCUT2D eigenvalue weighted by Crippen LogP contribution is 2.27. The van der Waals surface area contributed by atoms with Gasteiger partial charge in [-0.25, -0.2) is 0 Å². The molecule has 0 aliphatic heterocycles. The van der Waals surface area contributed by atoms with E-state index in [1.165, 1.54) is 12.4 Å². The first-order chi connectivity index (χ1) is 6.80. The predicted molar refractivity (Wildman–Crippen MR) is 44.1 cm³/mol. The van der Waals surface area contributed by atoms with Gasteiger partial charge in [0.25, 0.3) is 0 Å². The van der Waals surface area contributed by atoms with Gasteiger partial charge in [-0.05, 0) is 12.5 Å². The summed E-state index contributed by atoms with van der Waals surface area (Å²) in [6, 6.07) is 0. The number of carbonyl (C=O) groups is 1. The van der Waals surface area contributed by atoms with Crippen molar-refractivity contribution in [2.75, 3.05) is 0 Å². The summed E-state index contributed by atoms with van der Waals surface area (Å²) in [6.45, 7) is 0.958. The van der Waals surface area contributed by atoms with Crippen molar-refractivity contribution >= 4 is 5.97 Å². The molecule has 0 bridgehead atoms. The number of aryl methyl sites for hydroxylation is 1. The Morgan fingerprint density at radius 2 is 2.27 bits per heavy atom. The van der Waals surface area contributed by atoms with Crippen molar-refractivity contribution in [1.29, 1.82) is 0 Å². The van der Waals surface area contributed by atoms with Gasteiger partial charge in [0, 0.05) is 6.20 Å². The molecule has 1 aromatic rings. The molecule has 1 unspecified atom stereocenters. The van der Waals surface area contributed by atoms with E-state index < -0.39 is 24.6 Å². The normalized spacial score (nSPS) is 13.9. The summed E-state index contributed by atoms with van der Waals surface area (Å²) >= 11 is 0. The minimum Gasteiger partial charge on any atom is -0.481 e. The first-order valence-corrected chi connectivity index (χ1v) is 4.09. The predicted octanol–water partition coefficient (Wildman–Crippen LogP) is 1.45. The Bertz CT molecular complexity index is 359. The van der Waals surface area contributed by atoms with Crippen molar-refractivity contribution in [3.63, 3.8) is 0 Å². The maximum atomic E-state index is 12.2. The highest BCUT2D eigenvalue weighted by Gasteiger charge is 2.45. The average Bonchev–Trinajstić information content (AvgIpc) is 2.44. The molecule has 1 heterocycles. The number of nitrogens with zero attached hydrogens (tertiary/aromatic N) is 2. The van der Waals surface area contributed by atoms with E-state index in [-0.39, 0.29) is 0 Å². The molecule has 1 aromatic heterocycles. The monoisotopic (exact) mass is 222 g/mol. The molecule has 1 N–H and O–H groups in total. The lowest BCUT2D eigenvalue weighted by atomic mass is 10.1. The maximum absolute atomic E-state index is 12.2. The van der Waals surface area contributed by atoms with Crippen LogP contribution < -0.4 is 0 Å². The fraction of sp³-hybridized carbons (Fsp3) is 0.500. The third kappa shape index (κ3) is 2.97. The smallest absolute Gasteiger partial charge is 0.404 e. The molecule has 0 spiro atoms. The van der Waals surface area contributed by atoms with E-state index in [4.69, 9.17) is 5.11 Å². The molecule has 1 rings (SSSR count). The quantitative estimate of drug-likeness (QED) is 0.842. The third-order valence-electron chi connectivity index (χ3n) is 1.83. The molecule has 4 nitrogen and oxygen atoms in total. The van der Waals surface area contributed by atoms with Crippen molar-refractivity contribution in [3.05, 3.63) is 18.0 Å². The highest BCUT2D eigenvalue weighted by molar-refractivity contribution is 5.70. The number of hydrogen-bond donors (Lipinski definition) is 1. The standard InChI is InChI=1S/C8H9F3N2O2/c1-5-2-12-13(3-5)4-6(7(14)15)8(9,10)11/h2-3,6H,4H2,1H3,(H,14,15). The number of rotatable bonds is 3. The fourth-order valence-corrected chi connectivity index (χ4v) is 1.08. The van der Waals surface area contributed by atoms with Crippen LogP contribution in [0.5, 0.6) is 0 Å². The highest BCUT2D eigenvalue weighted by atomic mass is 19.4. The summed E-state index contributed by atoms with van der Waals surface area (Å²) in [5.41, 5.74) is 0.682. The van der Waals surface area contributed by atoms with Crippen molar-refractivity contribution < 1.29 is 23.1 Å². The van der Waals surface area contributed by atoms with Gasteiger partial charge in [-0.15, -0.1) is 0 Å². The van der Waals surface area contributed by atoms with Gasteiger partial charge in [-0.2, -0.15) is 18.3 Å². The van der Waals surface area contributed by atoms with Gasteiger partial charge in [-0.1, -0.05) is 0 Å². The Morgan fingerprint density at radius 3 is 2.60 bits per heavy atom. The van der Waals surface area contributed by atoms with Gasteiger partial charge in [0.15, 0.2) is 5.92 Å². The molecular weight excluding hydrogens is 213 g/mol. The molecule has 0 aliphatic carbocycles. The Balaban J connectivity index is 2.81. The van der Waals surface area contributed by atoms with Crippen LogP contribution in [0.25, 0.3) is 0 Å². The van der Waals surface area contributed by atoms with Gasteiger partial charge < -0.3 is 5.11 Å². The Labute approximate surface area is 83.3 Å². The van der Waals surface area contributed by atoms with Crippen LogP contribution in [0.3, 0.4) is 0 Å². The zero-order valence-corrected chi connectivity index (χ0v) is 7.82. The van der Waals surface area contributed by atoms with Crippen LogP contribution >= 0.6 is 0 Å². The van der Waals surface area contributed by atoms with Crippen molar-refractivity contribution in [3.8, 4) is 0 Å². The molecule has 15 heavy (non-hydrogen) atoms. The van der Waals surface area contributed by atoms with Gasteiger partial charge in [0.05, 0.1) is 12.7 Å². The first-order valence-electron chi connectivity index (χ1n) is 4.09. The van der Waals surface area contributed by atoms with E-state index >= 15 is 0 Å². The van der Waals surface area contributed by atoms with Crippen LogP contribution in [0.1, 0.15) is 5.56 Å². The van der Waals surface area contributed by atoms with Crippen LogP contribution in [0.2, 0.25) is 0 Å². The zero-order chi connectivity index (χ0) is 11.6.